The summed E-state index contributed by atoms with van der Waals surface area (Å²) in [6.07, 6.45) is 3.82. The third-order valence-electron chi connectivity index (χ3n) is 5.57. The summed E-state index contributed by atoms with van der Waals surface area (Å²) in [5.41, 5.74) is 0.809. The van der Waals surface area contributed by atoms with Crippen LogP contribution < -0.4 is 10.5 Å². The van der Waals surface area contributed by atoms with Gasteiger partial charge in [-0.25, -0.2) is 18.2 Å². The maximum Gasteiger partial charge on any atom is 0.251 e. The van der Waals surface area contributed by atoms with Gasteiger partial charge in [-0.1, -0.05) is 26.0 Å². The highest BCUT2D eigenvalue weighted by atomic mass is 32.2. The predicted octanol–water partition coefficient (Wildman–Crippen LogP) is 1.31. The summed E-state index contributed by atoms with van der Waals surface area (Å²) in [6, 6.07) is 4.88. The minimum Gasteiger partial charge on any atom is -0.346 e. The van der Waals surface area contributed by atoms with E-state index < -0.39 is 16.1 Å². The Hall–Kier alpha value is -2.79. The maximum atomic E-state index is 13.2. The van der Waals surface area contributed by atoms with Gasteiger partial charge in [-0.15, -0.1) is 5.10 Å². The number of nitrogens with one attached hydrogen (secondary N) is 1. The number of amides is 2. The second-order valence-corrected chi connectivity index (χ2v) is 10.2. The van der Waals surface area contributed by atoms with Crippen molar-refractivity contribution >= 4 is 21.8 Å². The van der Waals surface area contributed by atoms with Gasteiger partial charge in [0.2, 0.25) is 15.9 Å². The Morgan fingerprint density at radius 2 is 1.94 bits per heavy atom. The van der Waals surface area contributed by atoms with Crippen LogP contribution in [0.15, 0.2) is 35.4 Å². The first kappa shape index (κ1) is 23.9. The number of carbonyl (C=O) groups excluding carboxylic acids is 2. The Morgan fingerprint density at radius 1 is 1.25 bits per heavy atom. The van der Waals surface area contributed by atoms with E-state index in [1.54, 1.807) is 10.9 Å². The van der Waals surface area contributed by atoms with E-state index in [0.29, 0.717) is 17.2 Å². The predicted molar refractivity (Wildman–Crippen MR) is 118 cm³/mol. The van der Waals surface area contributed by atoms with E-state index >= 15 is 0 Å². The molecular weight excluding hydrogens is 432 g/mol. The first-order chi connectivity index (χ1) is 15.1. The molecule has 0 aliphatic carbocycles. The van der Waals surface area contributed by atoms with Gasteiger partial charge in [0.15, 0.2) is 0 Å². The molecule has 11 heteroatoms. The van der Waals surface area contributed by atoms with E-state index in [9.17, 15) is 18.0 Å². The Morgan fingerprint density at radius 3 is 2.53 bits per heavy atom. The Kier molecular flexibility index (Phi) is 7.29. The Labute approximate surface area is 188 Å². The first-order valence-corrected chi connectivity index (χ1v) is 12.2. The van der Waals surface area contributed by atoms with Crippen LogP contribution in [0.5, 0.6) is 0 Å². The lowest BCUT2D eigenvalue weighted by Crippen LogP contribution is -2.44. The summed E-state index contributed by atoms with van der Waals surface area (Å²) in [6.45, 7) is 7.74. The van der Waals surface area contributed by atoms with Crippen molar-refractivity contribution in [2.45, 2.75) is 51.1 Å². The van der Waals surface area contributed by atoms with Crippen LogP contribution in [-0.4, -0.2) is 53.2 Å². The van der Waals surface area contributed by atoms with Gasteiger partial charge in [-0.3, -0.25) is 9.59 Å². The second kappa shape index (κ2) is 9.78. The van der Waals surface area contributed by atoms with Crippen LogP contribution in [0.2, 0.25) is 0 Å². The third-order valence-corrected chi connectivity index (χ3v) is 6.50. The molecule has 3 N–H and O–H groups in total. The lowest BCUT2D eigenvalue weighted by molar-refractivity contribution is -0.138. The zero-order valence-corrected chi connectivity index (χ0v) is 19.4. The van der Waals surface area contributed by atoms with Gasteiger partial charge >= 0.3 is 0 Å². The number of carbonyl (C=O) groups is 2. The van der Waals surface area contributed by atoms with Crippen molar-refractivity contribution in [1.82, 2.24) is 25.2 Å². The lowest BCUT2D eigenvalue weighted by Gasteiger charge is -2.34. The van der Waals surface area contributed by atoms with Crippen molar-refractivity contribution in [2.24, 2.45) is 17.0 Å². The Balaban J connectivity index is 1.65. The molecule has 2 heterocycles. The lowest BCUT2D eigenvalue weighted by atomic mass is 9.97. The van der Waals surface area contributed by atoms with E-state index in [2.05, 4.69) is 22.6 Å². The quantitative estimate of drug-likeness (QED) is 0.636. The average Bonchev–Trinajstić information content (AvgIpc) is 3.19. The molecule has 32 heavy (non-hydrogen) atoms. The fraction of sp³-hybridized carbons (Fsp3) is 0.524. The number of rotatable bonds is 7. The number of nitrogens with zero attached hydrogens (tertiary/aromatic N) is 4. The van der Waals surface area contributed by atoms with Gasteiger partial charge < -0.3 is 10.2 Å². The molecule has 1 aliphatic rings. The molecule has 1 saturated heterocycles. The Bertz CT molecular complexity index is 1060. The molecule has 3 rings (SSSR count). The molecule has 0 radical (unpaired) electrons. The zero-order valence-electron chi connectivity index (χ0n) is 18.6. The minimum absolute atomic E-state index is 0.0289. The zero-order chi connectivity index (χ0) is 23.5. The second-order valence-electron chi connectivity index (χ2n) is 8.66. The van der Waals surface area contributed by atoms with E-state index in [4.69, 9.17) is 5.14 Å². The summed E-state index contributed by atoms with van der Waals surface area (Å²) in [7, 11) is -3.82. The van der Waals surface area contributed by atoms with E-state index in [-0.39, 0.29) is 29.2 Å². The van der Waals surface area contributed by atoms with Gasteiger partial charge in [-0.2, -0.15) is 0 Å². The SMILES string of the molecule is CC1CCCN(C(=O)[C@@H](C(C)C)n2cc(CNC(=O)c3ccc(S(N)(=O)=O)cc3)nn2)C1. The maximum absolute atomic E-state index is 13.2. The number of likely N-dealkylation sites (tertiary alicyclic amines) is 1. The molecule has 0 saturated carbocycles. The highest BCUT2D eigenvalue weighted by Crippen LogP contribution is 2.24. The number of hydrogen-bond donors (Lipinski definition) is 2. The molecule has 1 aromatic carbocycles. The van der Waals surface area contributed by atoms with Crippen molar-refractivity contribution < 1.29 is 18.0 Å². The first-order valence-electron chi connectivity index (χ1n) is 10.7. The summed E-state index contributed by atoms with van der Waals surface area (Å²) < 4.78 is 24.2. The van der Waals surface area contributed by atoms with Crippen molar-refractivity contribution in [2.75, 3.05) is 13.1 Å². The highest BCUT2D eigenvalue weighted by Gasteiger charge is 2.32. The van der Waals surface area contributed by atoms with E-state index in [1.807, 2.05) is 18.7 Å². The summed E-state index contributed by atoms with van der Waals surface area (Å²) in [4.78, 5) is 27.4. The van der Waals surface area contributed by atoms with Crippen LogP contribution in [0.25, 0.3) is 0 Å². The van der Waals surface area contributed by atoms with Gasteiger partial charge in [0, 0.05) is 18.7 Å². The van der Waals surface area contributed by atoms with Crippen LogP contribution in [0, 0.1) is 11.8 Å². The van der Waals surface area contributed by atoms with Crippen molar-refractivity contribution in [3.63, 3.8) is 0 Å². The van der Waals surface area contributed by atoms with Crippen molar-refractivity contribution in [3.05, 3.63) is 41.7 Å². The number of aromatic nitrogens is 3. The van der Waals surface area contributed by atoms with Crippen LogP contribution in [0.1, 0.15) is 55.7 Å². The van der Waals surface area contributed by atoms with Crippen LogP contribution in [-0.2, 0) is 21.4 Å². The fourth-order valence-corrected chi connectivity index (χ4v) is 4.40. The van der Waals surface area contributed by atoms with Gasteiger partial charge in [0.05, 0.1) is 17.6 Å². The highest BCUT2D eigenvalue weighted by molar-refractivity contribution is 7.89. The number of hydrogen-bond acceptors (Lipinski definition) is 6. The minimum atomic E-state index is -3.82. The van der Waals surface area contributed by atoms with E-state index in [0.717, 1.165) is 25.9 Å². The standard InChI is InChI=1S/C21H30N6O4S/c1-14(2)19(21(29)26-10-4-5-15(3)12-26)27-13-17(24-25-27)11-23-20(28)16-6-8-18(9-7-16)32(22,30)31/h6-9,13-15,19H,4-5,10-12H2,1-3H3,(H,23,28)(H2,22,30,31)/t15?,19-/m1/s1. The third kappa shape index (κ3) is 5.71. The monoisotopic (exact) mass is 462 g/mol. The van der Waals surface area contributed by atoms with Crippen LogP contribution >= 0.6 is 0 Å². The smallest absolute Gasteiger partial charge is 0.251 e. The molecule has 2 atom stereocenters. The topological polar surface area (TPSA) is 140 Å². The largest absolute Gasteiger partial charge is 0.346 e. The van der Waals surface area contributed by atoms with Crippen LogP contribution in [0.3, 0.4) is 0 Å². The molecule has 2 amide bonds. The normalized spacial score (nSPS) is 17.9. The molecule has 1 aromatic heterocycles. The van der Waals surface area contributed by atoms with Gasteiger partial charge in [0.25, 0.3) is 5.91 Å². The fourth-order valence-electron chi connectivity index (χ4n) is 3.88. The molecule has 1 unspecified atom stereocenters. The number of piperidine rings is 1. The number of primary sulfonamides is 1. The summed E-state index contributed by atoms with van der Waals surface area (Å²) >= 11 is 0. The van der Waals surface area contributed by atoms with Crippen molar-refractivity contribution in [3.8, 4) is 0 Å². The average molecular weight is 463 g/mol. The number of nitrogens with two attached hydrogens (primary N) is 1. The van der Waals surface area contributed by atoms with Crippen LogP contribution in [0.4, 0.5) is 0 Å². The molecule has 1 fully saturated rings. The molecule has 0 spiro atoms. The summed E-state index contributed by atoms with van der Waals surface area (Å²) in [5.74, 6) is 0.170. The van der Waals surface area contributed by atoms with E-state index in [1.165, 1.54) is 24.3 Å². The molecule has 10 nitrogen and oxygen atoms in total. The number of benzene rings is 1. The van der Waals surface area contributed by atoms with Crippen molar-refractivity contribution in [1.29, 1.82) is 0 Å². The molecular formula is C21H30N6O4S. The van der Waals surface area contributed by atoms with Gasteiger partial charge in [0.1, 0.15) is 11.7 Å². The molecule has 2 aromatic rings. The molecule has 174 valence electrons. The molecule has 0 bridgehead atoms. The van der Waals surface area contributed by atoms with Gasteiger partial charge in [-0.05, 0) is 48.9 Å². The molecule has 1 aliphatic heterocycles. The number of sulfonamides is 1. The summed E-state index contributed by atoms with van der Waals surface area (Å²) in [5, 5.41) is 16.0.